The highest BCUT2D eigenvalue weighted by Gasteiger charge is 2.30. The number of hydrogen-bond acceptors (Lipinski definition) is 11. The van der Waals surface area contributed by atoms with E-state index in [1.165, 1.54) is 18.2 Å². The molecule has 0 amide bonds. The molecule has 0 aliphatic carbocycles. The van der Waals surface area contributed by atoms with Gasteiger partial charge in [-0.05, 0) is 44.0 Å². The summed E-state index contributed by atoms with van der Waals surface area (Å²) < 4.78 is 53.9. The normalized spacial score (nSPS) is 15.4. The van der Waals surface area contributed by atoms with Crippen molar-refractivity contribution in [1.82, 2.24) is 14.8 Å². The van der Waals surface area contributed by atoms with E-state index in [2.05, 4.69) is 9.98 Å². The standard InChI is InChI=1S/C31H31F2N5O6/c1-3-41-25(40)18-38-12-9-21(10-13-38)42-28-26(32)30(43-22-6-4-5-20(16-22)29-35-11-14-37(29)2)36-31(27(28)33)44-24-15-19(17-34)7-8-23(24)39/h4-8,15-16,21,39H,3,9-14,18H2,1-2H3. The van der Waals surface area contributed by atoms with Gasteiger partial charge in [0.05, 0.1) is 31.3 Å². The summed E-state index contributed by atoms with van der Waals surface area (Å²) in [6.45, 7) is 4.43. The summed E-state index contributed by atoms with van der Waals surface area (Å²) in [7, 11) is 1.91. The van der Waals surface area contributed by atoms with Gasteiger partial charge in [-0.15, -0.1) is 0 Å². The van der Waals surface area contributed by atoms with Crippen LogP contribution in [0.2, 0.25) is 0 Å². The molecule has 0 atom stereocenters. The third-order valence-corrected chi connectivity index (χ3v) is 7.12. The summed E-state index contributed by atoms with van der Waals surface area (Å²) in [4.78, 5) is 24.1. The largest absolute Gasteiger partial charge is 0.504 e. The maximum Gasteiger partial charge on any atom is 0.320 e. The number of esters is 1. The van der Waals surface area contributed by atoms with E-state index >= 15 is 8.78 Å². The van der Waals surface area contributed by atoms with Crippen molar-refractivity contribution in [1.29, 1.82) is 5.26 Å². The Morgan fingerprint density at radius 2 is 1.84 bits per heavy atom. The Morgan fingerprint density at radius 3 is 2.52 bits per heavy atom. The van der Waals surface area contributed by atoms with Gasteiger partial charge in [0, 0.05) is 38.3 Å². The van der Waals surface area contributed by atoms with Crippen molar-refractivity contribution in [3.63, 3.8) is 0 Å². The van der Waals surface area contributed by atoms with Crippen molar-refractivity contribution >= 4 is 11.8 Å². The minimum atomic E-state index is -1.25. The van der Waals surface area contributed by atoms with Crippen LogP contribution in [0.5, 0.6) is 34.8 Å². The molecule has 1 N–H and O–H groups in total. The summed E-state index contributed by atoms with van der Waals surface area (Å²) in [5.74, 6) is -4.58. The lowest BCUT2D eigenvalue weighted by Crippen LogP contribution is -2.41. The number of ether oxygens (including phenoxy) is 4. The van der Waals surface area contributed by atoms with Crippen LogP contribution in [-0.2, 0) is 9.53 Å². The molecule has 0 saturated carbocycles. The van der Waals surface area contributed by atoms with Gasteiger partial charge in [0.1, 0.15) is 17.7 Å². The average molecular weight is 608 g/mol. The van der Waals surface area contributed by atoms with Gasteiger partial charge in [-0.2, -0.15) is 19.0 Å². The van der Waals surface area contributed by atoms with Crippen molar-refractivity contribution in [2.45, 2.75) is 25.9 Å². The molecule has 230 valence electrons. The number of likely N-dealkylation sites (tertiary alicyclic amines) is 1. The molecule has 11 nitrogen and oxygen atoms in total. The number of nitriles is 1. The molecular formula is C31H31F2N5O6. The van der Waals surface area contributed by atoms with Crippen LogP contribution in [0.25, 0.3) is 0 Å². The number of piperidine rings is 1. The molecule has 0 spiro atoms. The van der Waals surface area contributed by atoms with E-state index in [-0.39, 0.29) is 41.9 Å². The van der Waals surface area contributed by atoms with E-state index in [4.69, 9.17) is 18.9 Å². The fourth-order valence-electron chi connectivity index (χ4n) is 4.88. The van der Waals surface area contributed by atoms with E-state index in [1.807, 2.05) is 29.0 Å². The molecule has 3 aromatic rings. The van der Waals surface area contributed by atoms with Gasteiger partial charge in [0.2, 0.25) is 17.4 Å². The van der Waals surface area contributed by atoms with Crippen molar-refractivity contribution in [3.05, 3.63) is 65.2 Å². The molecule has 2 aliphatic rings. The van der Waals surface area contributed by atoms with Gasteiger partial charge in [0.25, 0.3) is 11.8 Å². The quantitative estimate of drug-likeness (QED) is 0.326. The first-order chi connectivity index (χ1) is 21.2. The summed E-state index contributed by atoms with van der Waals surface area (Å²) in [5.41, 5.74) is 0.880. The topological polar surface area (TPSA) is 130 Å². The van der Waals surface area contributed by atoms with Gasteiger partial charge in [0.15, 0.2) is 11.5 Å². The third-order valence-electron chi connectivity index (χ3n) is 7.12. The number of nitrogens with zero attached hydrogens (tertiary/aromatic N) is 5. The SMILES string of the molecule is CCOC(=O)CN1CCC(Oc2c(F)c(Oc3cccc(C4=NCCN4C)c3)nc(Oc3cc(C#N)ccc3O)c2F)CC1. The summed E-state index contributed by atoms with van der Waals surface area (Å²) >= 11 is 0. The van der Waals surface area contributed by atoms with Gasteiger partial charge >= 0.3 is 5.97 Å². The lowest BCUT2D eigenvalue weighted by Gasteiger charge is -2.31. The molecule has 3 heterocycles. The number of pyridine rings is 1. The monoisotopic (exact) mass is 607 g/mol. The number of carbonyl (C=O) groups excluding carboxylic acids is 1. The molecule has 1 saturated heterocycles. The summed E-state index contributed by atoms with van der Waals surface area (Å²) in [6, 6.07) is 12.5. The molecule has 1 aromatic heterocycles. The maximum absolute atomic E-state index is 15.9. The third kappa shape index (κ3) is 6.98. The molecule has 5 rings (SSSR count). The molecule has 1 fully saturated rings. The predicted molar refractivity (Wildman–Crippen MR) is 154 cm³/mol. The van der Waals surface area contributed by atoms with Crippen LogP contribution >= 0.6 is 0 Å². The van der Waals surface area contributed by atoms with Crippen molar-refractivity contribution in [2.24, 2.45) is 4.99 Å². The molecule has 0 bridgehead atoms. The smallest absolute Gasteiger partial charge is 0.320 e. The number of benzene rings is 2. The number of amidine groups is 1. The fourth-order valence-corrected chi connectivity index (χ4v) is 4.88. The molecule has 0 unspecified atom stereocenters. The summed E-state index contributed by atoms with van der Waals surface area (Å²) in [5, 5.41) is 19.5. The van der Waals surface area contributed by atoms with Crippen LogP contribution in [0.4, 0.5) is 8.78 Å². The van der Waals surface area contributed by atoms with E-state index in [0.29, 0.717) is 32.5 Å². The van der Waals surface area contributed by atoms with Crippen LogP contribution in [0, 0.1) is 23.0 Å². The first kappa shape index (κ1) is 30.5. The van der Waals surface area contributed by atoms with Crippen molar-refractivity contribution in [2.75, 3.05) is 46.4 Å². The van der Waals surface area contributed by atoms with Gasteiger partial charge in [-0.3, -0.25) is 14.7 Å². The number of phenolic OH excluding ortho intramolecular Hbond substituents is 1. The number of aromatic nitrogens is 1. The Balaban J connectivity index is 1.44. The second-order valence-corrected chi connectivity index (χ2v) is 10.2. The van der Waals surface area contributed by atoms with Gasteiger partial charge in [-0.1, -0.05) is 12.1 Å². The fraction of sp³-hybridized carbons (Fsp3) is 0.355. The van der Waals surface area contributed by atoms with Crippen LogP contribution in [-0.4, -0.2) is 84.2 Å². The van der Waals surface area contributed by atoms with E-state index in [1.54, 1.807) is 25.1 Å². The highest BCUT2D eigenvalue weighted by Crippen LogP contribution is 2.40. The minimum Gasteiger partial charge on any atom is -0.504 e. The van der Waals surface area contributed by atoms with Crippen molar-refractivity contribution in [3.8, 4) is 40.8 Å². The Kier molecular flexibility index (Phi) is 9.40. The van der Waals surface area contributed by atoms with Crippen LogP contribution < -0.4 is 14.2 Å². The van der Waals surface area contributed by atoms with Crippen LogP contribution in [0.1, 0.15) is 30.9 Å². The average Bonchev–Trinajstić information content (AvgIpc) is 3.45. The van der Waals surface area contributed by atoms with Gasteiger partial charge < -0.3 is 29.0 Å². The summed E-state index contributed by atoms with van der Waals surface area (Å²) in [6.07, 6.45) is 0.181. The minimum absolute atomic E-state index is 0.112. The number of aromatic hydroxyl groups is 1. The lowest BCUT2D eigenvalue weighted by molar-refractivity contribution is -0.144. The molecule has 13 heteroatoms. The Hall–Kier alpha value is -4.96. The van der Waals surface area contributed by atoms with Crippen LogP contribution in [0.15, 0.2) is 47.5 Å². The first-order valence-corrected chi connectivity index (χ1v) is 14.1. The zero-order chi connectivity index (χ0) is 31.2. The Morgan fingerprint density at radius 1 is 1.09 bits per heavy atom. The highest BCUT2D eigenvalue weighted by atomic mass is 19.1. The molecule has 0 radical (unpaired) electrons. The van der Waals surface area contributed by atoms with E-state index < -0.39 is 35.2 Å². The Bertz CT molecular complexity index is 1600. The van der Waals surface area contributed by atoms with E-state index in [9.17, 15) is 15.2 Å². The van der Waals surface area contributed by atoms with Crippen LogP contribution in [0.3, 0.4) is 0 Å². The molecular weight excluding hydrogens is 576 g/mol. The predicted octanol–water partition coefficient (Wildman–Crippen LogP) is 4.62. The Labute approximate surface area is 252 Å². The zero-order valence-electron chi connectivity index (χ0n) is 24.3. The number of carbonyl (C=O) groups is 1. The maximum atomic E-state index is 15.9. The molecule has 44 heavy (non-hydrogen) atoms. The number of phenols is 1. The highest BCUT2D eigenvalue weighted by molar-refractivity contribution is 5.99. The lowest BCUT2D eigenvalue weighted by atomic mass is 10.1. The number of likely N-dealkylation sites (N-methyl/N-ethyl adjacent to an activating group) is 1. The number of hydrogen-bond donors (Lipinski definition) is 1. The number of halogens is 2. The number of rotatable bonds is 10. The zero-order valence-corrected chi connectivity index (χ0v) is 24.3. The second-order valence-electron chi connectivity index (χ2n) is 10.2. The first-order valence-electron chi connectivity index (χ1n) is 14.1. The molecule has 2 aliphatic heterocycles. The number of aliphatic imine (C=N–C) groups is 1. The molecule has 2 aromatic carbocycles. The second kappa shape index (κ2) is 13.6. The van der Waals surface area contributed by atoms with Crippen molar-refractivity contribution < 1.29 is 37.6 Å². The van der Waals surface area contributed by atoms with Gasteiger partial charge in [-0.25, -0.2) is 0 Å². The van der Waals surface area contributed by atoms with E-state index in [0.717, 1.165) is 17.9 Å².